The van der Waals surface area contributed by atoms with E-state index < -0.39 is 5.97 Å². The summed E-state index contributed by atoms with van der Waals surface area (Å²) in [5.41, 5.74) is 5.75. The molecule has 11 heavy (non-hydrogen) atoms. The average Bonchev–Trinajstić information content (AvgIpc) is 2.13. The molecule has 0 bridgehead atoms. The standard InChI is InChI=1S/C5H7N3O2.ClH/c6-4-1-7-8(2-4)3-5(9)10;/h1-2H,3,6H2,(H,9,10);1H. The zero-order chi connectivity index (χ0) is 7.56. The summed E-state index contributed by atoms with van der Waals surface area (Å²) in [5.74, 6) is -0.928. The highest BCUT2D eigenvalue weighted by molar-refractivity contribution is 5.85. The summed E-state index contributed by atoms with van der Waals surface area (Å²) in [6, 6.07) is 0. The van der Waals surface area contributed by atoms with Crippen LogP contribution in [0.3, 0.4) is 0 Å². The van der Waals surface area contributed by atoms with Crippen molar-refractivity contribution in [3.8, 4) is 0 Å². The third-order valence-corrected chi connectivity index (χ3v) is 0.950. The highest BCUT2D eigenvalue weighted by Gasteiger charge is 1.98. The lowest BCUT2D eigenvalue weighted by Gasteiger charge is -1.91. The van der Waals surface area contributed by atoms with Gasteiger partial charge in [-0.3, -0.25) is 9.48 Å². The molecule has 0 radical (unpaired) electrons. The molecule has 0 saturated heterocycles. The highest BCUT2D eigenvalue weighted by Crippen LogP contribution is 1.96. The molecule has 0 atom stereocenters. The maximum absolute atomic E-state index is 10.1. The Morgan fingerprint density at radius 1 is 1.82 bits per heavy atom. The number of aromatic nitrogens is 2. The van der Waals surface area contributed by atoms with Crippen molar-refractivity contribution in [2.75, 3.05) is 5.73 Å². The zero-order valence-corrected chi connectivity index (χ0v) is 6.41. The number of halogens is 1. The summed E-state index contributed by atoms with van der Waals surface area (Å²) in [6.07, 6.45) is 2.87. The largest absolute Gasteiger partial charge is 0.480 e. The minimum Gasteiger partial charge on any atom is -0.480 e. The molecule has 0 fully saturated rings. The van der Waals surface area contributed by atoms with Crippen LogP contribution in [0.15, 0.2) is 12.4 Å². The fourth-order valence-corrected chi connectivity index (χ4v) is 0.605. The molecule has 0 aliphatic rings. The van der Waals surface area contributed by atoms with Crippen LogP contribution in [0.4, 0.5) is 5.69 Å². The Morgan fingerprint density at radius 3 is 2.82 bits per heavy atom. The van der Waals surface area contributed by atoms with Gasteiger partial charge in [-0.15, -0.1) is 12.4 Å². The molecule has 0 aliphatic carbocycles. The van der Waals surface area contributed by atoms with Gasteiger partial charge in [0.2, 0.25) is 0 Å². The van der Waals surface area contributed by atoms with Gasteiger partial charge in [0, 0.05) is 6.20 Å². The second-order valence-corrected chi connectivity index (χ2v) is 1.86. The fourth-order valence-electron chi connectivity index (χ4n) is 0.605. The number of nitrogens with two attached hydrogens (primary N) is 1. The van der Waals surface area contributed by atoms with Crippen LogP contribution >= 0.6 is 12.4 Å². The number of carboxylic acid groups (broad SMARTS) is 1. The SMILES string of the molecule is Cl.Nc1cnn(CC(=O)O)c1. The van der Waals surface area contributed by atoms with Crippen molar-refractivity contribution in [3.05, 3.63) is 12.4 Å². The second kappa shape index (κ2) is 3.82. The molecular weight excluding hydrogens is 170 g/mol. The van der Waals surface area contributed by atoms with Crippen molar-refractivity contribution < 1.29 is 9.90 Å². The number of hydrogen-bond donors (Lipinski definition) is 2. The van der Waals surface area contributed by atoms with E-state index in [0.29, 0.717) is 5.69 Å². The lowest BCUT2D eigenvalue weighted by Crippen LogP contribution is -2.08. The Hall–Kier alpha value is -1.23. The molecule has 0 aromatic carbocycles. The van der Waals surface area contributed by atoms with Crippen LogP contribution in [0, 0.1) is 0 Å². The number of carbonyl (C=O) groups is 1. The van der Waals surface area contributed by atoms with E-state index in [2.05, 4.69) is 5.10 Å². The van der Waals surface area contributed by atoms with Crippen molar-refractivity contribution in [1.29, 1.82) is 0 Å². The third-order valence-electron chi connectivity index (χ3n) is 0.950. The highest BCUT2D eigenvalue weighted by atomic mass is 35.5. The smallest absolute Gasteiger partial charge is 0.325 e. The summed E-state index contributed by atoms with van der Waals surface area (Å²) in [7, 11) is 0. The van der Waals surface area contributed by atoms with Crippen LogP contribution in [0.25, 0.3) is 0 Å². The Labute approximate surface area is 69.2 Å². The lowest BCUT2D eigenvalue weighted by atomic mass is 10.6. The normalized spacial score (nSPS) is 8.73. The van der Waals surface area contributed by atoms with E-state index in [1.165, 1.54) is 17.1 Å². The van der Waals surface area contributed by atoms with Crippen LogP contribution in [0.1, 0.15) is 0 Å². The predicted molar refractivity (Wildman–Crippen MR) is 41.5 cm³/mol. The molecule has 1 rings (SSSR count). The predicted octanol–water partition coefficient (Wildman–Crippen LogP) is -0.0283. The van der Waals surface area contributed by atoms with Gasteiger partial charge in [-0.2, -0.15) is 5.10 Å². The maximum atomic E-state index is 10.1. The first-order chi connectivity index (χ1) is 4.68. The number of nitrogens with zero attached hydrogens (tertiary/aromatic N) is 2. The summed E-state index contributed by atoms with van der Waals surface area (Å²) in [4.78, 5) is 10.1. The van der Waals surface area contributed by atoms with Gasteiger partial charge in [0.15, 0.2) is 0 Å². The number of carboxylic acids is 1. The van der Waals surface area contributed by atoms with Crippen LogP contribution in [0.5, 0.6) is 0 Å². The van der Waals surface area contributed by atoms with Gasteiger partial charge >= 0.3 is 5.97 Å². The first-order valence-electron chi connectivity index (χ1n) is 2.68. The van der Waals surface area contributed by atoms with Crippen LogP contribution in [-0.2, 0) is 11.3 Å². The first kappa shape index (κ1) is 9.77. The fraction of sp³-hybridized carbons (Fsp3) is 0.200. The number of nitrogen functional groups attached to an aromatic ring is 1. The minimum atomic E-state index is -0.928. The second-order valence-electron chi connectivity index (χ2n) is 1.86. The molecule has 0 spiro atoms. The summed E-state index contributed by atoms with van der Waals surface area (Å²) in [5, 5.41) is 11.9. The maximum Gasteiger partial charge on any atom is 0.325 e. The monoisotopic (exact) mass is 177 g/mol. The zero-order valence-electron chi connectivity index (χ0n) is 5.60. The van der Waals surface area contributed by atoms with Gasteiger partial charge in [0.1, 0.15) is 6.54 Å². The van der Waals surface area contributed by atoms with Crippen molar-refractivity contribution in [2.24, 2.45) is 0 Å². The van der Waals surface area contributed by atoms with Crippen molar-refractivity contribution in [1.82, 2.24) is 9.78 Å². The van der Waals surface area contributed by atoms with E-state index in [0.717, 1.165) is 0 Å². The summed E-state index contributed by atoms with van der Waals surface area (Å²) >= 11 is 0. The van der Waals surface area contributed by atoms with Gasteiger partial charge in [-0.05, 0) is 0 Å². The van der Waals surface area contributed by atoms with Gasteiger partial charge in [0.05, 0.1) is 11.9 Å². The molecule has 5 nitrogen and oxygen atoms in total. The molecule has 0 unspecified atom stereocenters. The van der Waals surface area contributed by atoms with E-state index in [-0.39, 0.29) is 19.0 Å². The van der Waals surface area contributed by atoms with E-state index in [1.54, 1.807) is 0 Å². The Bertz CT molecular complexity index is 248. The van der Waals surface area contributed by atoms with E-state index in [9.17, 15) is 4.79 Å². The molecule has 6 heteroatoms. The average molecular weight is 178 g/mol. The molecular formula is C5H8ClN3O2. The van der Waals surface area contributed by atoms with E-state index >= 15 is 0 Å². The number of hydrogen-bond acceptors (Lipinski definition) is 3. The quantitative estimate of drug-likeness (QED) is 0.665. The molecule has 1 aromatic heterocycles. The van der Waals surface area contributed by atoms with Gasteiger partial charge in [-0.25, -0.2) is 0 Å². The molecule has 1 heterocycles. The molecule has 62 valence electrons. The van der Waals surface area contributed by atoms with Crippen LogP contribution < -0.4 is 5.73 Å². The molecule has 0 aliphatic heterocycles. The Morgan fingerprint density at radius 2 is 2.45 bits per heavy atom. The van der Waals surface area contributed by atoms with Gasteiger partial charge in [0.25, 0.3) is 0 Å². The van der Waals surface area contributed by atoms with Crippen molar-refractivity contribution >= 4 is 24.1 Å². The lowest BCUT2D eigenvalue weighted by molar-refractivity contribution is -0.137. The molecule has 1 aromatic rings. The van der Waals surface area contributed by atoms with Crippen LogP contribution in [-0.4, -0.2) is 20.9 Å². The minimum absolute atomic E-state index is 0. The summed E-state index contributed by atoms with van der Waals surface area (Å²) in [6.45, 7) is -0.142. The van der Waals surface area contributed by atoms with Crippen molar-refractivity contribution in [3.63, 3.8) is 0 Å². The molecule has 3 N–H and O–H groups in total. The topological polar surface area (TPSA) is 81.1 Å². The Balaban J connectivity index is 0.000001000. The Kier molecular flexibility index (Phi) is 3.39. The van der Waals surface area contributed by atoms with Gasteiger partial charge in [-0.1, -0.05) is 0 Å². The number of rotatable bonds is 2. The summed E-state index contributed by atoms with van der Waals surface area (Å²) < 4.78 is 1.26. The van der Waals surface area contributed by atoms with Gasteiger partial charge < -0.3 is 10.8 Å². The van der Waals surface area contributed by atoms with Crippen LogP contribution in [0.2, 0.25) is 0 Å². The van der Waals surface area contributed by atoms with E-state index in [1.807, 2.05) is 0 Å². The van der Waals surface area contributed by atoms with E-state index in [4.69, 9.17) is 10.8 Å². The molecule has 0 saturated carbocycles. The molecule has 0 amide bonds. The number of anilines is 1. The number of aliphatic carboxylic acids is 1. The third kappa shape index (κ3) is 2.90. The first-order valence-corrected chi connectivity index (χ1v) is 2.68. The van der Waals surface area contributed by atoms with Crippen molar-refractivity contribution in [2.45, 2.75) is 6.54 Å².